The zero-order valence-corrected chi connectivity index (χ0v) is 13.7. The van der Waals surface area contributed by atoms with Crippen molar-refractivity contribution in [2.75, 3.05) is 32.8 Å². The monoisotopic (exact) mass is 307 g/mol. The molecule has 2 aliphatic heterocycles. The highest BCUT2D eigenvalue weighted by atomic mass is 16.7. The van der Waals surface area contributed by atoms with Crippen LogP contribution in [-0.2, 0) is 15.9 Å². The molecule has 3 rings (SSSR count). The molecule has 2 atom stereocenters. The molecular formula is C17H29N3O2. The predicted molar refractivity (Wildman–Crippen MR) is 85.9 cm³/mol. The quantitative estimate of drug-likeness (QED) is 0.810. The number of piperidine rings is 1. The number of aryl methyl sites for hydroxylation is 1. The molecule has 0 amide bonds. The summed E-state index contributed by atoms with van der Waals surface area (Å²) in [5, 5.41) is 0. The van der Waals surface area contributed by atoms with Crippen molar-refractivity contribution < 1.29 is 9.47 Å². The van der Waals surface area contributed by atoms with Crippen LogP contribution in [0.15, 0.2) is 12.4 Å². The van der Waals surface area contributed by atoms with Crippen LogP contribution < -0.4 is 0 Å². The highest BCUT2D eigenvalue weighted by Gasteiger charge is 2.22. The Morgan fingerprint density at radius 3 is 3.09 bits per heavy atom. The van der Waals surface area contributed by atoms with Crippen LogP contribution in [0.2, 0.25) is 0 Å². The molecule has 2 fully saturated rings. The molecule has 5 heteroatoms. The molecule has 0 aliphatic carbocycles. The highest BCUT2D eigenvalue weighted by Crippen LogP contribution is 2.23. The van der Waals surface area contributed by atoms with Gasteiger partial charge in [0.2, 0.25) is 0 Å². The third-order valence-corrected chi connectivity index (χ3v) is 4.79. The lowest BCUT2D eigenvalue weighted by atomic mass is 10.1. The molecule has 0 N–H and O–H groups in total. The molecule has 124 valence electrons. The van der Waals surface area contributed by atoms with Gasteiger partial charge in [-0.1, -0.05) is 6.92 Å². The Hall–Kier alpha value is -0.910. The Labute approximate surface area is 133 Å². The van der Waals surface area contributed by atoms with E-state index in [-0.39, 0.29) is 6.29 Å². The fraction of sp³-hybridized carbons (Fsp3) is 0.824. The maximum absolute atomic E-state index is 5.87. The van der Waals surface area contributed by atoms with Crippen molar-refractivity contribution in [3.05, 3.63) is 18.2 Å². The first-order valence-corrected chi connectivity index (χ1v) is 8.84. The van der Waals surface area contributed by atoms with Gasteiger partial charge in [-0.25, -0.2) is 4.98 Å². The molecule has 0 saturated carbocycles. The van der Waals surface area contributed by atoms with E-state index in [1.807, 2.05) is 6.20 Å². The van der Waals surface area contributed by atoms with E-state index in [4.69, 9.17) is 9.47 Å². The van der Waals surface area contributed by atoms with Crippen molar-refractivity contribution in [2.24, 2.45) is 0 Å². The minimum Gasteiger partial charge on any atom is -0.353 e. The summed E-state index contributed by atoms with van der Waals surface area (Å²) in [5.41, 5.74) is 0. The van der Waals surface area contributed by atoms with Gasteiger partial charge in [0.15, 0.2) is 6.29 Å². The van der Waals surface area contributed by atoms with E-state index >= 15 is 0 Å². The zero-order valence-electron chi connectivity index (χ0n) is 13.7. The summed E-state index contributed by atoms with van der Waals surface area (Å²) in [7, 11) is 0. The number of likely N-dealkylation sites (tertiary alicyclic amines) is 1. The largest absolute Gasteiger partial charge is 0.353 e. The SMILES string of the molecule is CCc1nccn1[C@@H]1CCCN(CCO[C@@H]2CCCCO2)C1. The van der Waals surface area contributed by atoms with Gasteiger partial charge in [0.1, 0.15) is 5.82 Å². The van der Waals surface area contributed by atoms with Gasteiger partial charge < -0.3 is 14.0 Å². The van der Waals surface area contributed by atoms with Crippen LogP contribution in [0.25, 0.3) is 0 Å². The average Bonchev–Trinajstić information content (AvgIpc) is 3.05. The van der Waals surface area contributed by atoms with Crippen molar-refractivity contribution >= 4 is 0 Å². The highest BCUT2D eigenvalue weighted by molar-refractivity contribution is 4.96. The van der Waals surface area contributed by atoms with E-state index < -0.39 is 0 Å². The van der Waals surface area contributed by atoms with Crippen LogP contribution in [0.5, 0.6) is 0 Å². The van der Waals surface area contributed by atoms with Gasteiger partial charge in [-0.3, -0.25) is 4.90 Å². The first-order chi connectivity index (χ1) is 10.9. The fourth-order valence-electron chi connectivity index (χ4n) is 3.57. The molecule has 1 aromatic rings. The summed E-state index contributed by atoms with van der Waals surface area (Å²) in [6, 6.07) is 0.567. The number of nitrogens with zero attached hydrogens (tertiary/aromatic N) is 3. The summed E-state index contributed by atoms with van der Waals surface area (Å²) in [6.07, 6.45) is 11.1. The third kappa shape index (κ3) is 4.09. The smallest absolute Gasteiger partial charge is 0.157 e. The maximum Gasteiger partial charge on any atom is 0.157 e. The van der Waals surface area contributed by atoms with Crippen molar-refractivity contribution in [1.29, 1.82) is 0 Å². The van der Waals surface area contributed by atoms with Gasteiger partial charge in [0.05, 0.1) is 6.61 Å². The van der Waals surface area contributed by atoms with Crippen LogP contribution in [0.3, 0.4) is 0 Å². The first kappa shape index (κ1) is 16.0. The van der Waals surface area contributed by atoms with Gasteiger partial charge in [-0.05, 0) is 38.6 Å². The number of hydrogen-bond donors (Lipinski definition) is 0. The number of imidazole rings is 1. The second-order valence-electron chi connectivity index (χ2n) is 6.37. The van der Waals surface area contributed by atoms with E-state index in [1.54, 1.807) is 0 Å². The van der Waals surface area contributed by atoms with E-state index in [9.17, 15) is 0 Å². The third-order valence-electron chi connectivity index (χ3n) is 4.79. The standard InChI is InChI=1S/C17H29N3O2/c1-2-16-18-8-10-20(16)15-6-5-9-19(14-15)11-13-22-17-7-3-4-12-21-17/h8,10,15,17H,2-7,9,11-14H2,1H3/t15-,17-/m1/s1. The lowest BCUT2D eigenvalue weighted by Crippen LogP contribution is -2.39. The molecular weight excluding hydrogens is 278 g/mol. The summed E-state index contributed by atoms with van der Waals surface area (Å²) < 4.78 is 13.9. The van der Waals surface area contributed by atoms with Gasteiger partial charge in [-0.15, -0.1) is 0 Å². The first-order valence-electron chi connectivity index (χ1n) is 8.84. The molecule has 2 aliphatic rings. The average molecular weight is 307 g/mol. The minimum atomic E-state index is 0.0367. The second-order valence-corrected chi connectivity index (χ2v) is 6.37. The maximum atomic E-state index is 5.87. The Bertz CT molecular complexity index is 443. The van der Waals surface area contributed by atoms with E-state index in [0.717, 1.165) is 39.1 Å². The fourth-order valence-corrected chi connectivity index (χ4v) is 3.57. The van der Waals surface area contributed by atoms with Crippen LogP contribution in [0.4, 0.5) is 0 Å². The van der Waals surface area contributed by atoms with Gasteiger partial charge in [-0.2, -0.15) is 0 Å². The minimum absolute atomic E-state index is 0.0367. The number of ether oxygens (including phenoxy) is 2. The number of rotatable bonds is 6. The molecule has 3 heterocycles. The summed E-state index contributed by atoms with van der Waals surface area (Å²) in [4.78, 5) is 6.99. The molecule has 2 saturated heterocycles. The van der Waals surface area contributed by atoms with E-state index in [2.05, 4.69) is 27.6 Å². The van der Waals surface area contributed by atoms with Crippen molar-refractivity contribution in [3.8, 4) is 0 Å². The van der Waals surface area contributed by atoms with Gasteiger partial charge in [0.25, 0.3) is 0 Å². The van der Waals surface area contributed by atoms with Crippen LogP contribution in [0.1, 0.15) is 50.9 Å². The summed E-state index contributed by atoms with van der Waals surface area (Å²) in [5.74, 6) is 1.21. The molecule has 0 unspecified atom stereocenters. The number of hydrogen-bond acceptors (Lipinski definition) is 4. The van der Waals surface area contributed by atoms with Gasteiger partial charge >= 0.3 is 0 Å². The summed E-state index contributed by atoms with van der Waals surface area (Å²) in [6.45, 7) is 7.11. The topological polar surface area (TPSA) is 39.5 Å². The molecule has 5 nitrogen and oxygen atoms in total. The van der Waals surface area contributed by atoms with Crippen molar-refractivity contribution in [1.82, 2.24) is 14.5 Å². The lowest BCUT2D eigenvalue weighted by Gasteiger charge is -2.34. The Morgan fingerprint density at radius 1 is 1.32 bits per heavy atom. The zero-order chi connectivity index (χ0) is 15.2. The Balaban J connectivity index is 1.44. The predicted octanol–water partition coefficient (Wildman–Crippen LogP) is 2.63. The molecule has 0 spiro atoms. The van der Waals surface area contributed by atoms with Crippen molar-refractivity contribution in [2.45, 2.75) is 57.8 Å². The molecule has 22 heavy (non-hydrogen) atoms. The Kier molecular flexibility index (Phi) is 5.87. The Morgan fingerprint density at radius 2 is 2.27 bits per heavy atom. The second kappa shape index (κ2) is 8.09. The van der Waals surface area contributed by atoms with Crippen LogP contribution >= 0.6 is 0 Å². The molecule has 1 aromatic heterocycles. The number of aromatic nitrogens is 2. The normalized spacial score (nSPS) is 27.1. The van der Waals surface area contributed by atoms with Crippen LogP contribution in [0, 0.1) is 0 Å². The van der Waals surface area contributed by atoms with Crippen molar-refractivity contribution in [3.63, 3.8) is 0 Å². The van der Waals surface area contributed by atoms with E-state index in [1.165, 1.54) is 38.1 Å². The molecule has 0 aromatic carbocycles. The van der Waals surface area contributed by atoms with E-state index in [0.29, 0.717) is 6.04 Å². The summed E-state index contributed by atoms with van der Waals surface area (Å²) >= 11 is 0. The van der Waals surface area contributed by atoms with Crippen LogP contribution in [-0.4, -0.2) is 53.6 Å². The lowest BCUT2D eigenvalue weighted by molar-refractivity contribution is -0.164. The molecule has 0 bridgehead atoms. The molecule has 0 radical (unpaired) electrons. The van der Waals surface area contributed by atoms with Gasteiger partial charge in [0, 0.05) is 44.6 Å².